The van der Waals surface area contributed by atoms with Crippen LogP contribution in [0.5, 0.6) is 5.75 Å². The Hall–Kier alpha value is -2.53. The molecule has 1 N–H and O–H groups in total. The highest BCUT2D eigenvalue weighted by atomic mass is 35.5. The minimum Gasteiger partial charge on any atom is -0.488 e. The van der Waals surface area contributed by atoms with Crippen molar-refractivity contribution in [2.45, 2.75) is 13.5 Å². The second-order valence-corrected chi connectivity index (χ2v) is 7.50. The number of rotatable bonds is 6. The summed E-state index contributed by atoms with van der Waals surface area (Å²) in [6, 6.07) is 17.8. The second kappa shape index (κ2) is 9.79. The van der Waals surface area contributed by atoms with E-state index in [2.05, 4.69) is 10.5 Å². The Kier molecular flexibility index (Phi) is 7.15. The van der Waals surface area contributed by atoms with Crippen molar-refractivity contribution < 1.29 is 9.53 Å². The predicted molar refractivity (Wildman–Crippen MR) is 118 cm³/mol. The number of ether oxygens (including phenoxy) is 1. The van der Waals surface area contributed by atoms with Gasteiger partial charge in [-0.3, -0.25) is 4.79 Å². The second-order valence-electron chi connectivity index (χ2n) is 6.24. The van der Waals surface area contributed by atoms with Gasteiger partial charge in [0.15, 0.2) is 0 Å². The van der Waals surface area contributed by atoms with Gasteiger partial charge in [-0.25, -0.2) is 5.43 Å². The molecule has 0 aromatic heterocycles. The monoisotopic (exact) mass is 446 g/mol. The number of amides is 1. The zero-order valence-corrected chi connectivity index (χ0v) is 17.7. The number of nitrogens with one attached hydrogen (secondary N) is 1. The van der Waals surface area contributed by atoms with E-state index in [4.69, 9.17) is 39.5 Å². The predicted octanol–water partition coefficient (Wildman–Crippen LogP) is 6.30. The number of hydrazone groups is 1. The molecule has 0 saturated heterocycles. The third-order valence-corrected chi connectivity index (χ3v) is 4.96. The summed E-state index contributed by atoms with van der Waals surface area (Å²) < 4.78 is 5.87. The Morgan fingerprint density at radius 1 is 1.03 bits per heavy atom. The van der Waals surface area contributed by atoms with E-state index in [0.29, 0.717) is 31.9 Å². The summed E-state index contributed by atoms with van der Waals surface area (Å²) >= 11 is 18.2. The SMILES string of the molecule is Cc1ccc(C(=O)N/N=C\c2ccccc2OCc2ccc(Cl)cc2Cl)c(Cl)c1. The minimum absolute atomic E-state index is 0.270. The molecule has 0 radical (unpaired) electrons. The summed E-state index contributed by atoms with van der Waals surface area (Å²) in [6.45, 7) is 2.17. The molecule has 1 amide bonds. The van der Waals surface area contributed by atoms with E-state index in [1.807, 2.05) is 43.3 Å². The summed E-state index contributed by atoms with van der Waals surface area (Å²) in [7, 11) is 0. The molecule has 3 rings (SSSR count). The summed E-state index contributed by atoms with van der Waals surface area (Å²) in [5.41, 5.74) is 5.32. The third kappa shape index (κ3) is 5.73. The number of nitrogens with zero attached hydrogens (tertiary/aromatic N) is 1. The molecule has 0 unspecified atom stereocenters. The van der Waals surface area contributed by atoms with Crippen LogP contribution < -0.4 is 10.2 Å². The van der Waals surface area contributed by atoms with Crippen molar-refractivity contribution >= 4 is 46.9 Å². The number of benzene rings is 3. The van der Waals surface area contributed by atoms with Crippen LogP contribution in [-0.4, -0.2) is 12.1 Å². The lowest BCUT2D eigenvalue weighted by molar-refractivity contribution is 0.0955. The van der Waals surface area contributed by atoms with Crippen molar-refractivity contribution in [1.82, 2.24) is 5.43 Å². The lowest BCUT2D eigenvalue weighted by Gasteiger charge is -2.10. The maximum Gasteiger partial charge on any atom is 0.272 e. The summed E-state index contributed by atoms with van der Waals surface area (Å²) in [6.07, 6.45) is 1.51. The van der Waals surface area contributed by atoms with Crippen LogP contribution in [0.1, 0.15) is 27.0 Å². The molecule has 3 aromatic carbocycles. The van der Waals surface area contributed by atoms with E-state index in [0.717, 1.165) is 11.1 Å². The fourth-order valence-corrected chi connectivity index (χ4v) is 3.32. The van der Waals surface area contributed by atoms with Crippen molar-refractivity contribution in [3.05, 3.63) is 98.0 Å². The van der Waals surface area contributed by atoms with Crippen LogP contribution in [0, 0.1) is 6.92 Å². The molecule has 3 aromatic rings. The van der Waals surface area contributed by atoms with Crippen LogP contribution in [0.3, 0.4) is 0 Å². The van der Waals surface area contributed by atoms with Gasteiger partial charge in [-0.05, 0) is 48.9 Å². The van der Waals surface area contributed by atoms with Gasteiger partial charge >= 0.3 is 0 Å². The average molecular weight is 448 g/mol. The van der Waals surface area contributed by atoms with Gasteiger partial charge in [0.05, 0.1) is 16.8 Å². The Morgan fingerprint density at radius 3 is 2.59 bits per heavy atom. The minimum atomic E-state index is -0.391. The molecular formula is C22H17Cl3N2O2. The van der Waals surface area contributed by atoms with Gasteiger partial charge in [-0.2, -0.15) is 5.10 Å². The largest absolute Gasteiger partial charge is 0.488 e. The molecule has 29 heavy (non-hydrogen) atoms. The van der Waals surface area contributed by atoms with Crippen LogP contribution in [0.4, 0.5) is 0 Å². The van der Waals surface area contributed by atoms with E-state index in [9.17, 15) is 4.79 Å². The summed E-state index contributed by atoms with van der Waals surface area (Å²) in [5, 5.41) is 5.49. The number of halogens is 3. The first-order chi connectivity index (χ1) is 13.9. The first kappa shape index (κ1) is 21.2. The quantitative estimate of drug-likeness (QED) is 0.356. The lowest BCUT2D eigenvalue weighted by atomic mass is 10.1. The summed E-state index contributed by atoms with van der Waals surface area (Å²) in [4.78, 5) is 12.3. The summed E-state index contributed by atoms with van der Waals surface area (Å²) in [5.74, 6) is 0.211. The number of aryl methyl sites for hydroxylation is 1. The van der Waals surface area contributed by atoms with Gasteiger partial charge in [-0.15, -0.1) is 0 Å². The molecule has 0 aliphatic rings. The van der Waals surface area contributed by atoms with Gasteiger partial charge in [0.2, 0.25) is 0 Å². The molecule has 148 valence electrons. The Balaban J connectivity index is 1.67. The fourth-order valence-electron chi connectivity index (χ4n) is 2.54. The molecular weight excluding hydrogens is 431 g/mol. The van der Waals surface area contributed by atoms with E-state index in [1.54, 1.807) is 24.3 Å². The maximum absolute atomic E-state index is 12.3. The molecule has 0 saturated carbocycles. The highest BCUT2D eigenvalue weighted by Crippen LogP contribution is 2.24. The molecule has 0 spiro atoms. The van der Waals surface area contributed by atoms with Crippen molar-refractivity contribution in [3.8, 4) is 5.75 Å². The molecule has 0 aliphatic heterocycles. The first-order valence-corrected chi connectivity index (χ1v) is 9.83. The zero-order valence-electron chi connectivity index (χ0n) is 15.5. The molecule has 0 heterocycles. The molecule has 4 nitrogen and oxygen atoms in total. The van der Waals surface area contributed by atoms with Crippen LogP contribution in [-0.2, 0) is 6.61 Å². The van der Waals surface area contributed by atoms with Crippen LogP contribution in [0.15, 0.2) is 65.8 Å². The Morgan fingerprint density at radius 2 is 1.83 bits per heavy atom. The molecule has 0 aliphatic carbocycles. The van der Waals surface area contributed by atoms with Crippen molar-refractivity contribution in [3.63, 3.8) is 0 Å². The standard InChI is InChI=1S/C22H17Cl3N2O2/c1-14-6-9-18(20(25)10-14)22(28)27-26-12-15-4-2-3-5-21(15)29-13-16-7-8-17(23)11-19(16)24/h2-12H,13H2,1H3,(H,27,28)/b26-12-. The van der Waals surface area contributed by atoms with E-state index < -0.39 is 5.91 Å². The topological polar surface area (TPSA) is 50.7 Å². The molecule has 0 bridgehead atoms. The number of hydrogen-bond acceptors (Lipinski definition) is 3. The number of para-hydroxylation sites is 1. The van der Waals surface area contributed by atoms with Crippen LogP contribution in [0.2, 0.25) is 15.1 Å². The number of carbonyl (C=O) groups is 1. The van der Waals surface area contributed by atoms with E-state index >= 15 is 0 Å². The van der Waals surface area contributed by atoms with Crippen LogP contribution in [0.25, 0.3) is 0 Å². The van der Waals surface area contributed by atoms with Crippen LogP contribution >= 0.6 is 34.8 Å². The number of hydrogen-bond donors (Lipinski definition) is 1. The Bertz CT molecular complexity index is 1070. The zero-order chi connectivity index (χ0) is 20.8. The average Bonchev–Trinajstić information content (AvgIpc) is 2.68. The van der Waals surface area contributed by atoms with E-state index in [1.165, 1.54) is 6.21 Å². The maximum atomic E-state index is 12.3. The highest BCUT2D eigenvalue weighted by molar-refractivity contribution is 6.35. The van der Waals surface area contributed by atoms with Crippen molar-refractivity contribution in [2.24, 2.45) is 5.10 Å². The van der Waals surface area contributed by atoms with Gasteiger partial charge in [0.25, 0.3) is 5.91 Å². The first-order valence-electron chi connectivity index (χ1n) is 8.69. The lowest BCUT2D eigenvalue weighted by Crippen LogP contribution is -2.18. The number of carbonyl (C=O) groups excluding carboxylic acids is 1. The van der Waals surface area contributed by atoms with Gasteiger partial charge in [-0.1, -0.05) is 59.1 Å². The van der Waals surface area contributed by atoms with Crippen molar-refractivity contribution in [1.29, 1.82) is 0 Å². The molecule has 0 atom stereocenters. The van der Waals surface area contributed by atoms with Gasteiger partial charge in [0.1, 0.15) is 12.4 Å². The molecule has 7 heteroatoms. The van der Waals surface area contributed by atoms with Crippen molar-refractivity contribution in [2.75, 3.05) is 0 Å². The molecule has 0 fully saturated rings. The smallest absolute Gasteiger partial charge is 0.272 e. The van der Waals surface area contributed by atoms with E-state index in [-0.39, 0.29) is 6.61 Å². The van der Waals surface area contributed by atoms with Gasteiger partial charge in [0, 0.05) is 21.2 Å². The van der Waals surface area contributed by atoms with Gasteiger partial charge < -0.3 is 4.74 Å². The third-order valence-electron chi connectivity index (χ3n) is 4.06. The highest BCUT2D eigenvalue weighted by Gasteiger charge is 2.09. The normalized spacial score (nSPS) is 10.9. The Labute approximate surface area is 184 Å². The fraction of sp³-hybridized carbons (Fsp3) is 0.0909.